The van der Waals surface area contributed by atoms with Gasteiger partial charge in [-0.2, -0.15) is 0 Å². The zero-order valence-electron chi connectivity index (χ0n) is 19.4. The molecular weight excluding hydrogens is 464 g/mol. The SMILES string of the molecule is CC(O)C(N)C(=O)NC(C(=O)NC(Cc1ccccc1)C(=O)NC(CCC(=O)O)C(=O)O)C(C)O. The van der Waals surface area contributed by atoms with Crippen molar-refractivity contribution in [1.29, 1.82) is 0 Å². The molecule has 1 aromatic rings. The second-order valence-corrected chi connectivity index (χ2v) is 8.08. The Balaban J connectivity index is 3.10. The summed E-state index contributed by atoms with van der Waals surface area (Å²) in [4.78, 5) is 60.3. The summed E-state index contributed by atoms with van der Waals surface area (Å²) in [5, 5.41) is 44.5. The van der Waals surface area contributed by atoms with Crippen molar-refractivity contribution in [1.82, 2.24) is 16.0 Å². The van der Waals surface area contributed by atoms with Gasteiger partial charge in [0.1, 0.15) is 24.2 Å². The van der Waals surface area contributed by atoms with Crippen LogP contribution in [0.2, 0.25) is 0 Å². The molecule has 0 aliphatic rings. The lowest BCUT2D eigenvalue weighted by atomic mass is 10.0. The highest BCUT2D eigenvalue weighted by atomic mass is 16.4. The number of nitrogens with two attached hydrogens (primary N) is 1. The average molecular weight is 497 g/mol. The highest BCUT2D eigenvalue weighted by Crippen LogP contribution is 2.07. The molecule has 13 nitrogen and oxygen atoms in total. The van der Waals surface area contributed by atoms with E-state index in [4.69, 9.17) is 10.8 Å². The van der Waals surface area contributed by atoms with Crippen LogP contribution in [-0.4, -0.2) is 86.5 Å². The Morgan fingerprint density at radius 1 is 0.829 bits per heavy atom. The fourth-order valence-corrected chi connectivity index (χ4v) is 2.99. The summed E-state index contributed by atoms with van der Waals surface area (Å²) >= 11 is 0. The minimum Gasteiger partial charge on any atom is -0.481 e. The van der Waals surface area contributed by atoms with Gasteiger partial charge in [-0.1, -0.05) is 30.3 Å². The monoisotopic (exact) mass is 496 g/mol. The van der Waals surface area contributed by atoms with Crippen molar-refractivity contribution in [2.24, 2.45) is 5.73 Å². The van der Waals surface area contributed by atoms with Gasteiger partial charge < -0.3 is 42.1 Å². The normalized spacial score (nSPS) is 16.0. The number of aliphatic hydroxyl groups excluding tert-OH is 2. The predicted octanol–water partition coefficient (Wildman–Crippen LogP) is -2.28. The van der Waals surface area contributed by atoms with E-state index in [9.17, 15) is 39.3 Å². The van der Waals surface area contributed by atoms with Crippen molar-refractivity contribution in [2.45, 2.75) is 69.5 Å². The quantitative estimate of drug-likeness (QED) is 0.138. The van der Waals surface area contributed by atoms with Crippen LogP contribution in [0.1, 0.15) is 32.3 Å². The third kappa shape index (κ3) is 10.1. The molecule has 1 rings (SSSR count). The Labute approximate surface area is 201 Å². The van der Waals surface area contributed by atoms with Crippen LogP contribution in [0, 0.1) is 0 Å². The molecular formula is C22H32N4O9. The maximum absolute atomic E-state index is 12.9. The van der Waals surface area contributed by atoms with Gasteiger partial charge >= 0.3 is 11.9 Å². The van der Waals surface area contributed by atoms with E-state index in [1.807, 2.05) is 0 Å². The van der Waals surface area contributed by atoms with Crippen molar-refractivity contribution < 1.29 is 44.4 Å². The van der Waals surface area contributed by atoms with Crippen molar-refractivity contribution in [3.8, 4) is 0 Å². The van der Waals surface area contributed by atoms with Gasteiger partial charge in [-0.05, 0) is 25.8 Å². The summed E-state index contributed by atoms with van der Waals surface area (Å²) in [6, 6.07) is 2.67. The Bertz CT molecular complexity index is 892. The van der Waals surface area contributed by atoms with Crippen molar-refractivity contribution in [3.05, 3.63) is 35.9 Å². The van der Waals surface area contributed by atoms with Gasteiger partial charge in [0, 0.05) is 12.8 Å². The highest BCUT2D eigenvalue weighted by molar-refractivity contribution is 5.94. The maximum atomic E-state index is 12.9. The Hall–Kier alpha value is -3.55. The van der Waals surface area contributed by atoms with Crippen LogP contribution in [0.15, 0.2) is 30.3 Å². The molecule has 9 N–H and O–H groups in total. The number of aliphatic carboxylic acids is 2. The summed E-state index contributed by atoms with van der Waals surface area (Å²) in [7, 11) is 0. The molecule has 0 aromatic heterocycles. The third-order valence-electron chi connectivity index (χ3n) is 5.06. The number of benzene rings is 1. The molecule has 0 saturated carbocycles. The number of carbonyl (C=O) groups excluding carboxylic acids is 3. The smallest absolute Gasteiger partial charge is 0.326 e. The lowest BCUT2D eigenvalue weighted by Crippen LogP contribution is -2.61. The lowest BCUT2D eigenvalue weighted by molar-refractivity contribution is -0.143. The van der Waals surface area contributed by atoms with Crippen LogP contribution >= 0.6 is 0 Å². The second-order valence-electron chi connectivity index (χ2n) is 8.08. The molecule has 0 saturated heterocycles. The summed E-state index contributed by atoms with van der Waals surface area (Å²) in [5.41, 5.74) is 6.17. The number of carbonyl (C=O) groups is 5. The third-order valence-corrected chi connectivity index (χ3v) is 5.06. The molecule has 0 fully saturated rings. The molecule has 0 bridgehead atoms. The zero-order valence-corrected chi connectivity index (χ0v) is 19.4. The van der Waals surface area contributed by atoms with E-state index in [2.05, 4.69) is 16.0 Å². The second kappa shape index (κ2) is 14.0. The van der Waals surface area contributed by atoms with Crippen LogP contribution in [0.4, 0.5) is 0 Å². The fourth-order valence-electron chi connectivity index (χ4n) is 2.99. The zero-order chi connectivity index (χ0) is 26.7. The fraction of sp³-hybridized carbons (Fsp3) is 0.500. The summed E-state index contributed by atoms with van der Waals surface area (Å²) in [6.45, 7) is 2.49. The van der Waals surface area contributed by atoms with Crippen LogP contribution in [0.25, 0.3) is 0 Å². The average Bonchev–Trinajstić information content (AvgIpc) is 2.78. The first kappa shape index (κ1) is 29.5. The molecule has 0 aliphatic carbocycles. The van der Waals surface area contributed by atoms with Gasteiger partial charge in [-0.25, -0.2) is 4.79 Å². The maximum Gasteiger partial charge on any atom is 0.326 e. The van der Waals surface area contributed by atoms with E-state index >= 15 is 0 Å². The van der Waals surface area contributed by atoms with E-state index in [0.29, 0.717) is 5.56 Å². The predicted molar refractivity (Wildman–Crippen MR) is 122 cm³/mol. The Kier molecular flexibility index (Phi) is 11.8. The number of hydrogen-bond donors (Lipinski definition) is 8. The largest absolute Gasteiger partial charge is 0.481 e. The molecule has 0 radical (unpaired) electrons. The van der Waals surface area contributed by atoms with E-state index < -0.39 is 72.5 Å². The molecule has 1 aromatic carbocycles. The minimum absolute atomic E-state index is 0.0721. The van der Waals surface area contributed by atoms with Gasteiger partial charge in [0.05, 0.1) is 12.2 Å². The first-order valence-electron chi connectivity index (χ1n) is 10.8. The van der Waals surface area contributed by atoms with E-state index in [1.165, 1.54) is 13.8 Å². The van der Waals surface area contributed by atoms with Crippen LogP contribution in [0.3, 0.4) is 0 Å². The number of rotatable bonds is 14. The highest BCUT2D eigenvalue weighted by Gasteiger charge is 2.33. The Morgan fingerprint density at radius 2 is 1.40 bits per heavy atom. The topological polar surface area (TPSA) is 228 Å². The van der Waals surface area contributed by atoms with E-state index in [1.54, 1.807) is 30.3 Å². The van der Waals surface area contributed by atoms with Gasteiger partial charge in [0.2, 0.25) is 17.7 Å². The van der Waals surface area contributed by atoms with E-state index in [-0.39, 0.29) is 12.8 Å². The molecule has 0 spiro atoms. The molecule has 0 heterocycles. The minimum atomic E-state index is -1.54. The standard InChI is InChI=1S/C22H32N4O9/c1-11(27)17(23)20(32)26-18(12(2)28)21(33)25-15(10-13-6-4-3-5-7-13)19(31)24-14(22(34)35)8-9-16(29)30/h3-7,11-12,14-15,17-18,27-28H,8-10,23H2,1-2H3,(H,24,31)(H,25,33)(H,26,32)(H,29,30)(H,34,35). The van der Waals surface area contributed by atoms with Crippen molar-refractivity contribution in [2.75, 3.05) is 0 Å². The summed E-state index contributed by atoms with van der Waals surface area (Å²) in [6.07, 6.45) is -3.61. The van der Waals surface area contributed by atoms with Crippen molar-refractivity contribution in [3.63, 3.8) is 0 Å². The van der Waals surface area contributed by atoms with Crippen LogP contribution in [-0.2, 0) is 30.4 Å². The summed E-state index contributed by atoms with van der Waals surface area (Å²) < 4.78 is 0. The van der Waals surface area contributed by atoms with Gasteiger partial charge in [-0.3, -0.25) is 19.2 Å². The number of amides is 3. The number of hydrogen-bond acceptors (Lipinski definition) is 8. The first-order valence-corrected chi connectivity index (χ1v) is 10.8. The molecule has 3 amide bonds. The Morgan fingerprint density at radius 3 is 1.89 bits per heavy atom. The van der Waals surface area contributed by atoms with E-state index in [0.717, 1.165) is 0 Å². The summed E-state index contributed by atoms with van der Waals surface area (Å²) in [5.74, 6) is -5.48. The molecule has 6 atom stereocenters. The van der Waals surface area contributed by atoms with Crippen LogP contribution in [0.5, 0.6) is 0 Å². The number of aliphatic hydroxyl groups is 2. The lowest BCUT2D eigenvalue weighted by Gasteiger charge is -2.27. The number of nitrogens with one attached hydrogen (secondary N) is 3. The van der Waals surface area contributed by atoms with Gasteiger partial charge in [0.15, 0.2) is 0 Å². The van der Waals surface area contributed by atoms with Gasteiger partial charge in [0.25, 0.3) is 0 Å². The molecule has 194 valence electrons. The molecule has 13 heteroatoms. The van der Waals surface area contributed by atoms with Gasteiger partial charge in [-0.15, -0.1) is 0 Å². The van der Waals surface area contributed by atoms with Crippen molar-refractivity contribution >= 4 is 29.7 Å². The van der Waals surface area contributed by atoms with Crippen LogP contribution < -0.4 is 21.7 Å². The molecule has 6 unspecified atom stereocenters. The first-order chi connectivity index (χ1) is 16.3. The molecule has 35 heavy (non-hydrogen) atoms. The number of carboxylic acids is 2. The number of carboxylic acid groups (broad SMARTS) is 2. The molecule has 0 aliphatic heterocycles.